The Labute approximate surface area is 223 Å². The van der Waals surface area contributed by atoms with Gasteiger partial charge in [-0.3, -0.25) is 0 Å². The quantitative estimate of drug-likeness (QED) is 0.313. The summed E-state index contributed by atoms with van der Waals surface area (Å²) in [5, 5.41) is 5.10. The third kappa shape index (κ3) is 6.15. The summed E-state index contributed by atoms with van der Waals surface area (Å²) in [4.78, 5) is 14.5. The first-order valence-corrected chi connectivity index (χ1v) is 14.3. The Bertz CT molecular complexity index is 1490. The highest BCUT2D eigenvalue weighted by atomic mass is 32.2. The number of ether oxygens (including phenoxy) is 1. The van der Waals surface area contributed by atoms with Crippen LogP contribution in [0.2, 0.25) is 0 Å². The van der Waals surface area contributed by atoms with E-state index in [1.165, 1.54) is 0 Å². The molecular weight excluding hydrogens is 498 g/mol. The number of hydrogen-bond acceptors (Lipinski definition) is 5. The van der Waals surface area contributed by atoms with Crippen molar-refractivity contribution >= 4 is 32.6 Å². The zero-order valence-electron chi connectivity index (χ0n) is 21.0. The number of rotatable bonds is 8. The normalized spacial score (nSPS) is 14.4. The molecule has 1 fully saturated rings. The SMILES string of the molecule is O=C(OCc1ccccc1)N1CCC(Nc2cccc3c(S(=O)(=O)NCc4ccccc4)cccc23)CC1. The minimum absolute atomic E-state index is 0.162. The van der Waals surface area contributed by atoms with Crippen molar-refractivity contribution in [2.24, 2.45) is 0 Å². The largest absolute Gasteiger partial charge is 0.445 e. The van der Waals surface area contributed by atoms with E-state index in [4.69, 9.17) is 4.74 Å². The van der Waals surface area contributed by atoms with Gasteiger partial charge >= 0.3 is 6.09 Å². The summed E-state index contributed by atoms with van der Waals surface area (Å²) in [5.74, 6) is 0. The standard InChI is InChI=1S/C30H31N3O4S/c34-30(37-22-24-11-5-2-6-12-24)33-19-17-25(18-20-33)32-28-15-7-14-27-26(28)13-8-16-29(27)38(35,36)31-21-23-9-3-1-4-10-23/h1-16,25,31-32H,17-22H2. The first kappa shape index (κ1) is 25.8. The highest BCUT2D eigenvalue weighted by Gasteiger charge is 2.25. The van der Waals surface area contributed by atoms with E-state index in [9.17, 15) is 13.2 Å². The lowest BCUT2D eigenvalue weighted by molar-refractivity contribution is 0.0882. The molecule has 8 heteroatoms. The molecule has 0 spiro atoms. The molecule has 1 saturated heterocycles. The average Bonchev–Trinajstić information content (AvgIpc) is 2.96. The van der Waals surface area contributed by atoms with E-state index in [1.807, 2.05) is 84.9 Å². The Morgan fingerprint density at radius 3 is 2.13 bits per heavy atom. The van der Waals surface area contributed by atoms with Gasteiger partial charge in [0.25, 0.3) is 0 Å². The van der Waals surface area contributed by atoms with Crippen molar-refractivity contribution in [2.45, 2.75) is 36.9 Å². The van der Waals surface area contributed by atoms with Gasteiger partial charge in [-0.05, 0) is 36.1 Å². The predicted molar refractivity (Wildman–Crippen MR) is 149 cm³/mol. The van der Waals surface area contributed by atoms with Crippen LogP contribution in [0.15, 0.2) is 102 Å². The predicted octanol–water partition coefficient (Wildman–Crippen LogP) is 5.53. The number of carbonyl (C=O) groups is 1. The fraction of sp³-hybridized carbons (Fsp3) is 0.233. The van der Waals surface area contributed by atoms with E-state index in [0.29, 0.717) is 18.5 Å². The lowest BCUT2D eigenvalue weighted by atomic mass is 10.0. The van der Waals surface area contributed by atoms with Crippen LogP contribution in [0.25, 0.3) is 10.8 Å². The van der Waals surface area contributed by atoms with Crippen LogP contribution < -0.4 is 10.0 Å². The molecule has 1 heterocycles. The van der Waals surface area contributed by atoms with Gasteiger partial charge in [0.05, 0.1) is 4.90 Å². The maximum atomic E-state index is 13.2. The summed E-state index contributed by atoms with van der Waals surface area (Å²) in [6.07, 6.45) is 1.25. The molecule has 1 amide bonds. The molecule has 38 heavy (non-hydrogen) atoms. The number of benzene rings is 4. The van der Waals surface area contributed by atoms with Crippen LogP contribution in [0.5, 0.6) is 0 Å². The molecule has 5 rings (SSSR count). The number of nitrogens with one attached hydrogen (secondary N) is 2. The van der Waals surface area contributed by atoms with Gasteiger partial charge in [0, 0.05) is 42.1 Å². The Balaban J connectivity index is 1.22. The number of fused-ring (bicyclic) bond motifs is 1. The summed E-state index contributed by atoms with van der Waals surface area (Å²) >= 11 is 0. The Morgan fingerprint density at radius 2 is 1.42 bits per heavy atom. The van der Waals surface area contributed by atoms with E-state index in [1.54, 1.807) is 17.0 Å². The zero-order valence-corrected chi connectivity index (χ0v) is 21.9. The van der Waals surface area contributed by atoms with Crippen LogP contribution in [-0.4, -0.2) is 38.5 Å². The van der Waals surface area contributed by atoms with Crippen molar-refractivity contribution in [2.75, 3.05) is 18.4 Å². The van der Waals surface area contributed by atoms with E-state index >= 15 is 0 Å². The summed E-state index contributed by atoms with van der Waals surface area (Å²) in [5.41, 5.74) is 2.74. The Kier molecular flexibility index (Phi) is 7.91. The first-order chi connectivity index (χ1) is 18.5. The van der Waals surface area contributed by atoms with Crippen molar-refractivity contribution in [3.05, 3.63) is 108 Å². The smallest absolute Gasteiger partial charge is 0.410 e. The molecule has 0 aliphatic carbocycles. The van der Waals surface area contributed by atoms with E-state index < -0.39 is 10.0 Å². The van der Waals surface area contributed by atoms with Crippen molar-refractivity contribution in [3.63, 3.8) is 0 Å². The van der Waals surface area contributed by atoms with Crippen LogP contribution in [0.1, 0.15) is 24.0 Å². The molecule has 0 aromatic heterocycles. The molecule has 0 unspecified atom stereocenters. The second-order valence-electron chi connectivity index (χ2n) is 9.41. The number of anilines is 1. The molecule has 4 aromatic carbocycles. The van der Waals surface area contributed by atoms with E-state index in [2.05, 4.69) is 10.0 Å². The molecule has 2 N–H and O–H groups in total. The maximum absolute atomic E-state index is 13.2. The number of carbonyl (C=O) groups excluding carboxylic acids is 1. The lowest BCUT2D eigenvalue weighted by Crippen LogP contribution is -2.42. The number of piperidine rings is 1. The second kappa shape index (κ2) is 11.7. The molecule has 0 radical (unpaired) electrons. The fourth-order valence-corrected chi connectivity index (χ4v) is 5.97. The van der Waals surface area contributed by atoms with Crippen LogP contribution >= 0.6 is 0 Å². The zero-order chi connectivity index (χ0) is 26.4. The number of amides is 1. The monoisotopic (exact) mass is 529 g/mol. The Morgan fingerprint density at radius 1 is 0.789 bits per heavy atom. The topological polar surface area (TPSA) is 87.7 Å². The summed E-state index contributed by atoms with van der Waals surface area (Å²) in [6.45, 7) is 1.68. The molecule has 0 bridgehead atoms. The third-order valence-corrected chi connectivity index (χ3v) is 8.26. The van der Waals surface area contributed by atoms with Gasteiger partial charge in [-0.1, -0.05) is 84.9 Å². The number of sulfonamides is 1. The minimum atomic E-state index is -3.71. The van der Waals surface area contributed by atoms with Crippen molar-refractivity contribution < 1.29 is 17.9 Å². The lowest BCUT2D eigenvalue weighted by Gasteiger charge is -2.32. The van der Waals surface area contributed by atoms with Crippen LogP contribution in [0.3, 0.4) is 0 Å². The van der Waals surface area contributed by atoms with Crippen LogP contribution in [0, 0.1) is 0 Å². The van der Waals surface area contributed by atoms with Crippen LogP contribution in [0.4, 0.5) is 10.5 Å². The molecule has 1 aliphatic heterocycles. The summed E-state index contributed by atoms with van der Waals surface area (Å²) in [7, 11) is -3.71. The third-order valence-electron chi connectivity index (χ3n) is 6.80. The second-order valence-corrected chi connectivity index (χ2v) is 11.1. The molecule has 0 atom stereocenters. The molecule has 0 saturated carbocycles. The first-order valence-electron chi connectivity index (χ1n) is 12.8. The van der Waals surface area contributed by atoms with Crippen molar-refractivity contribution in [1.29, 1.82) is 0 Å². The minimum Gasteiger partial charge on any atom is -0.445 e. The van der Waals surface area contributed by atoms with Gasteiger partial charge in [0.15, 0.2) is 0 Å². The number of hydrogen-bond donors (Lipinski definition) is 2. The Hall–Kier alpha value is -3.88. The van der Waals surface area contributed by atoms with E-state index in [0.717, 1.165) is 35.0 Å². The van der Waals surface area contributed by atoms with Crippen molar-refractivity contribution in [1.82, 2.24) is 9.62 Å². The summed E-state index contributed by atoms with van der Waals surface area (Å²) < 4.78 is 34.6. The van der Waals surface area contributed by atoms with Gasteiger partial charge < -0.3 is 15.0 Å². The molecule has 1 aliphatic rings. The van der Waals surface area contributed by atoms with Gasteiger partial charge in [-0.2, -0.15) is 0 Å². The van der Waals surface area contributed by atoms with Crippen LogP contribution in [-0.2, 0) is 27.9 Å². The van der Waals surface area contributed by atoms with Gasteiger partial charge in [0.1, 0.15) is 6.61 Å². The highest BCUT2D eigenvalue weighted by molar-refractivity contribution is 7.89. The number of nitrogens with zero attached hydrogens (tertiary/aromatic N) is 1. The maximum Gasteiger partial charge on any atom is 0.410 e. The van der Waals surface area contributed by atoms with Gasteiger partial charge in [0.2, 0.25) is 10.0 Å². The molecule has 7 nitrogen and oxygen atoms in total. The number of likely N-dealkylation sites (tertiary alicyclic amines) is 1. The fourth-order valence-electron chi connectivity index (χ4n) is 4.73. The van der Waals surface area contributed by atoms with E-state index in [-0.39, 0.29) is 30.2 Å². The highest BCUT2D eigenvalue weighted by Crippen LogP contribution is 2.30. The van der Waals surface area contributed by atoms with Crippen molar-refractivity contribution in [3.8, 4) is 0 Å². The van der Waals surface area contributed by atoms with Gasteiger partial charge in [-0.25, -0.2) is 17.9 Å². The molecular formula is C30H31N3O4S. The molecule has 4 aromatic rings. The van der Waals surface area contributed by atoms with Gasteiger partial charge in [-0.15, -0.1) is 0 Å². The average molecular weight is 530 g/mol. The molecule has 196 valence electrons. The summed E-state index contributed by atoms with van der Waals surface area (Å²) in [6, 6.07) is 30.3.